The van der Waals surface area contributed by atoms with Gasteiger partial charge in [-0.05, 0) is 71.9 Å². The molecule has 2 saturated carbocycles. The maximum atomic E-state index is 12.6. The molecule has 62 heavy (non-hydrogen) atoms. The molecule has 4 atom stereocenters. The van der Waals surface area contributed by atoms with Crippen LogP contribution in [0.4, 0.5) is 0 Å². The van der Waals surface area contributed by atoms with Crippen LogP contribution in [-0.4, -0.2) is 86.2 Å². The van der Waals surface area contributed by atoms with Crippen molar-refractivity contribution < 1.29 is 48.2 Å². The van der Waals surface area contributed by atoms with Crippen molar-refractivity contribution in [3.05, 3.63) is 91.5 Å². The second-order valence-corrected chi connectivity index (χ2v) is 18.0. The molecule has 2 aliphatic heterocycles. The third kappa shape index (κ3) is 8.10. The van der Waals surface area contributed by atoms with E-state index < -0.39 is 22.8 Å². The first kappa shape index (κ1) is 44.5. The zero-order valence-electron chi connectivity index (χ0n) is 36.9. The average Bonchev–Trinajstić information content (AvgIpc) is 3.74. The second kappa shape index (κ2) is 17.6. The van der Waals surface area contributed by atoms with Gasteiger partial charge in [-0.1, -0.05) is 27.7 Å². The lowest BCUT2D eigenvalue weighted by Gasteiger charge is -2.40. The molecule has 2 aliphatic carbocycles. The minimum atomic E-state index is -1.20. The fourth-order valence-electron chi connectivity index (χ4n) is 10.4. The van der Waals surface area contributed by atoms with Gasteiger partial charge in [-0.15, -0.1) is 0 Å². The van der Waals surface area contributed by atoms with Gasteiger partial charge in [0, 0.05) is 99.8 Å². The van der Waals surface area contributed by atoms with Crippen molar-refractivity contribution in [3.8, 4) is 45.5 Å². The minimum Gasteiger partial charge on any atom is -0.493 e. The van der Waals surface area contributed by atoms with Crippen molar-refractivity contribution in [2.24, 2.45) is 10.8 Å². The second-order valence-electron chi connectivity index (χ2n) is 18.0. The summed E-state index contributed by atoms with van der Waals surface area (Å²) in [6, 6.07) is 10.9. The van der Waals surface area contributed by atoms with Crippen LogP contribution in [-0.2, 0) is 9.47 Å². The number of fused-ring (bicyclic) bond motifs is 12. The summed E-state index contributed by atoms with van der Waals surface area (Å²) in [6.45, 7) is 11.1. The van der Waals surface area contributed by atoms with E-state index in [2.05, 4.69) is 27.7 Å². The first-order valence-electron chi connectivity index (χ1n) is 21.2. The summed E-state index contributed by atoms with van der Waals surface area (Å²) in [5.41, 5.74) is 4.05. The predicted octanol–water partition coefficient (Wildman–Crippen LogP) is 8.19. The normalized spacial score (nSPS) is 20.5. The van der Waals surface area contributed by atoms with Crippen LogP contribution >= 0.6 is 0 Å². The number of pyridine rings is 2. The predicted molar refractivity (Wildman–Crippen MR) is 233 cm³/mol. The lowest BCUT2D eigenvalue weighted by Crippen LogP contribution is -2.32. The van der Waals surface area contributed by atoms with E-state index in [1.165, 1.54) is 24.5 Å². The van der Waals surface area contributed by atoms with Gasteiger partial charge in [-0.2, -0.15) is 0 Å². The third-order valence-electron chi connectivity index (χ3n) is 13.3. The molecule has 0 spiro atoms. The van der Waals surface area contributed by atoms with Crippen molar-refractivity contribution >= 4 is 11.9 Å². The van der Waals surface area contributed by atoms with Crippen LogP contribution in [0.3, 0.4) is 0 Å². The first-order valence-corrected chi connectivity index (χ1v) is 21.2. The number of benzene rings is 2. The molecule has 14 nitrogen and oxygen atoms in total. The Morgan fingerprint density at radius 3 is 1.32 bits per heavy atom. The fourth-order valence-corrected chi connectivity index (χ4v) is 10.4. The van der Waals surface area contributed by atoms with E-state index in [1.807, 2.05) is 33.4 Å². The molecule has 1 unspecified atom stereocenters. The Bertz CT molecular complexity index is 2310. The first-order chi connectivity index (χ1) is 29.6. The van der Waals surface area contributed by atoms with Gasteiger partial charge in [0.2, 0.25) is 0 Å². The highest BCUT2D eigenvalue weighted by Gasteiger charge is 2.49. The number of ether oxygens (including phenoxy) is 6. The molecule has 332 valence electrons. The maximum Gasteiger partial charge on any atom is 0.341 e. The summed E-state index contributed by atoms with van der Waals surface area (Å²) < 4.78 is 37.4. The van der Waals surface area contributed by atoms with Crippen LogP contribution in [0.25, 0.3) is 22.5 Å². The highest BCUT2D eigenvalue weighted by Crippen LogP contribution is 2.61. The Hall–Kier alpha value is -5.60. The van der Waals surface area contributed by atoms with Crippen LogP contribution < -0.4 is 29.8 Å². The monoisotopic (exact) mass is 854 g/mol. The Balaban J connectivity index is 0.000000186. The smallest absolute Gasteiger partial charge is 0.341 e. The number of nitrogens with zero attached hydrogens (tertiary/aromatic N) is 2. The van der Waals surface area contributed by atoms with Crippen molar-refractivity contribution in [1.82, 2.24) is 9.13 Å². The number of methoxy groups -OCH3 is 4. The summed E-state index contributed by atoms with van der Waals surface area (Å²) in [6.07, 6.45) is 8.56. The summed E-state index contributed by atoms with van der Waals surface area (Å²) in [5, 5.41) is 19.0. The Morgan fingerprint density at radius 2 is 0.984 bits per heavy atom. The lowest BCUT2D eigenvalue weighted by molar-refractivity contribution is 0.0683. The van der Waals surface area contributed by atoms with E-state index in [4.69, 9.17) is 28.4 Å². The summed E-state index contributed by atoms with van der Waals surface area (Å²) in [7, 11) is 6.51. The van der Waals surface area contributed by atoms with E-state index in [-0.39, 0.29) is 45.9 Å². The van der Waals surface area contributed by atoms with Gasteiger partial charge < -0.3 is 47.8 Å². The number of rotatable bonds is 14. The third-order valence-corrected chi connectivity index (χ3v) is 13.3. The molecule has 0 bridgehead atoms. The molecule has 0 saturated heterocycles. The number of carboxylic acid groups (broad SMARTS) is 2. The SMILES string of the molecule is COCCCOc1cc2c(cc1OC)-c1cc(=O)c(C(=O)O)cn1C1[C@@H]2CCC1(C)C.COCCCOc1cc2c(cc1OC)-c1cc(=O)c(C(=O)O)cn1[C@@H]1[C@H]2CCC1(C)C. The van der Waals surface area contributed by atoms with Crippen LogP contribution in [0.1, 0.15) is 122 Å². The average molecular weight is 855 g/mol. The Morgan fingerprint density at radius 1 is 0.597 bits per heavy atom. The Labute approximate surface area is 361 Å². The number of hydrogen-bond donors (Lipinski definition) is 2. The van der Waals surface area contributed by atoms with Crippen LogP contribution in [0.2, 0.25) is 0 Å². The molecule has 14 heteroatoms. The summed E-state index contributed by atoms with van der Waals surface area (Å²) >= 11 is 0. The van der Waals surface area contributed by atoms with Crippen molar-refractivity contribution in [2.45, 2.75) is 90.1 Å². The van der Waals surface area contributed by atoms with Gasteiger partial charge in [-0.25, -0.2) is 9.59 Å². The van der Waals surface area contributed by atoms with E-state index in [0.29, 0.717) is 49.4 Å². The quantitative estimate of drug-likeness (QED) is 0.117. The molecule has 2 fully saturated rings. The zero-order valence-corrected chi connectivity index (χ0v) is 36.9. The zero-order chi connectivity index (χ0) is 44.7. The van der Waals surface area contributed by atoms with E-state index >= 15 is 0 Å². The van der Waals surface area contributed by atoms with Crippen LogP contribution in [0, 0.1) is 10.8 Å². The molecular formula is C48H58N2O12. The Kier molecular flexibility index (Phi) is 12.7. The van der Waals surface area contributed by atoms with Crippen LogP contribution in [0.15, 0.2) is 58.4 Å². The molecule has 0 amide bonds. The molecule has 0 radical (unpaired) electrons. The largest absolute Gasteiger partial charge is 0.493 e. The highest BCUT2D eigenvalue weighted by atomic mass is 16.5. The molecule has 8 rings (SSSR count). The topological polar surface area (TPSA) is 174 Å². The lowest BCUT2D eigenvalue weighted by atomic mass is 9.77. The summed E-state index contributed by atoms with van der Waals surface area (Å²) in [5.74, 6) is 0.549. The molecule has 4 heterocycles. The number of aromatic nitrogens is 2. The van der Waals surface area contributed by atoms with Gasteiger partial charge in [0.1, 0.15) is 11.1 Å². The highest BCUT2D eigenvalue weighted by molar-refractivity contribution is 5.88. The van der Waals surface area contributed by atoms with Gasteiger partial charge in [-0.3, -0.25) is 9.59 Å². The van der Waals surface area contributed by atoms with Gasteiger partial charge in [0.25, 0.3) is 0 Å². The molecule has 2 N–H and O–H groups in total. The molecule has 4 aromatic rings. The molecule has 4 aliphatic rings. The molecular weight excluding hydrogens is 797 g/mol. The van der Waals surface area contributed by atoms with E-state index in [0.717, 1.165) is 72.2 Å². The van der Waals surface area contributed by atoms with Gasteiger partial charge >= 0.3 is 11.9 Å². The van der Waals surface area contributed by atoms with E-state index in [9.17, 15) is 29.4 Å². The number of hydrogen-bond acceptors (Lipinski definition) is 10. The minimum absolute atomic E-state index is 0.0403. The number of carboxylic acids is 2. The standard InChI is InChI=1S/2C24H29NO6/c2*1-24(2)7-6-14-15-10-21(31-9-5-8-29-3)20(30-4)11-16(15)18-12-19(26)17(23(27)28)13-25(18)22(14)24/h2*10-14,22H,5-9H2,1-4H3,(H,27,28)/t14-,22?;14-,22+/m10/s1. The fraction of sp³-hybridized carbons (Fsp3) is 0.500. The van der Waals surface area contributed by atoms with Crippen molar-refractivity contribution in [1.29, 1.82) is 0 Å². The van der Waals surface area contributed by atoms with Crippen LogP contribution in [0.5, 0.6) is 23.0 Å². The van der Waals surface area contributed by atoms with Gasteiger partial charge in [0.15, 0.2) is 33.9 Å². The maximum absolute atomic E-state index is 12.6. The van der Waals surface area contributed by atoms with Crippen molar-refractivity contribution in [2.75, 3.05) is 54.9 Å². The van der Waals surface area contributed by atoms with Gasteiger partial charge in [0.05, 0.1) is 38.8 Å². The number of aromatic carboxylic acids is 2. The van der Waals surface area contributed by atoms with Crippen molar-refractivity contribution in [3.63, 3.8) is 0 Å². The van der Waals surface area contributed by atoms with E-state index in [1.54, 1.807) is 28.4 Å². The molecule has 2 aromatic carbocycles. The molecule has 2 aromatic heterocycles. The summed E-state index contributed by atoms with van der Waals surface area (Å²) in [4.78, 5) is 48.4. The number of carbonyl (C=O) groups is 2.